The zero-order valence-electron chi connectivity index (χ0n) is 10.6. The summed E-state index contributed by atoms with van der Waals surface area (Å²) in [6.45, 7) is 1.82. The average molecular weight is 278 g/mol. The fourth-order valence-electron chi connectivity index (χ4n) is 1.59. The number of nitrogens with zero attached hydrogens (tertiary/aromatic N) is 2. The van der Waals surface area contributed by atoms with E-state index in [1.165, 1.54) is 18.4 Å². The van der Waals surface area contributed by atoms with E-state index in [4.69, 9.17) is 5.73 Å². The first-order valence-electron chi connectivity index (χ1n) is 5.53. The highest BCUT2D eigenvalue weighted by Crippen LogP contribution is 2.18. The molecule has 0 amide bonds. The van der Waals surface area contributed by atoms with Crippen LogP contribution in [0.3, 0.4) is 0 Å². The highest BCUT2D eigenvalue weighted by molar-refractivity contribution is 7.90. The normalized spacial score (nSPS) is 11.3. The lowest BCUT2D eigenvalue weighted by Gasteiger charge is -2.07. The van der Waals surface area contributed by atoms with Crippen LogP contribution in [0.4, 0.5) is 17.5 Å². The number of anilines is 3. The fourth-order valence-corrected chi connectivity index (χ4v) is 2.22. The molecule has 0 atom stereocenters. The summed E-state index contributed by atoms with van der Waals surface area (Å²) in [6, 6.07) is 8.17. The standard InChI is InChI=1S/C12H14N4O2S/c1-8-7-11(16-12(13)14-8)15-9-3-5-10(6-4-9)19(2,17)18/h3-7H,1-2H3,(H3,13,14,15,16). The van der Waals surface area contributed by atoms with Crippen LogP contribution in [0.1, 0.15) is 5.69 Å². The van der Waals surface area contributed by atoms with Crippen molar-refractivity contribution in [2.45, 2.75) is 11.8 Å². The summed E-state index contributed by atoms with van der Waals surface area (Å²) >= 11 is 0. The SMILES string of the molecule is Cc1cc(Nc2ccc(S(C)(=O)=O)cc2)nc(N)n1. The van der Waals surface area contributed by atoms with Gasteiger partial charge in [0.15, 0.2) is 9.84 Å². The molecule has 0 saturated heterocycles. The molecule has 0 aliphatic heterocycles. The predicted molar refractivity (Wildman–Crippen MR) is 74.0 cm³/mol. The quantitative estimate of drug-likeness (QED) is 0.883. The molecule has 1 aromatic carbocycles. The largest absolute Gasteiger partial charge is 0.368 e. The van der Waals surface area contributed by atoms with Crippen molar-refractivity contribution in [2.24, 2.45) is 0 Å². The van der Waals surface area contributed by atoms with Crippen LogP contribution in [0.2, 0.25) is 0 Å². The Morgan fingerprint density at radius 2 is 1.79 bits per heavy atom. The fraction of sp³-hybridized carbons (Fsp3) is 0.167. The second-order valence-corrected chi connectivity index (χ2v) is 6.19. The number of nitrogens with two attached hydrogens (primary N) is 1. The Hall–Kier alpha value is -2.15. The Labute approximate surface area is 111 Å². The number of benzene rings is 1. The van der Waals surface area contributed by atoms with Crippen LogP contribution in [-0.4, -0.2) is 24.6 Å². The van der Waals surface area contributed by atoms with Gasteiger partial charge < -0.3 is 11.1 Å². The third-order valence-electron chi connectivity index (χ3n) is 2.43. The summed E-state index contributed by atoms with van der Waals surface area (Å²) in [5, 5.41) is 3.04. The van der Waals surface area contributed by atoms with Crippen molar-refractivity contribution in [2.75, 3.05) is 17.3 Å². The van der Waals surface area contributed by atoms with Crippen LogP contribution in [0.25, 0.3) is 0 Å². The molecule has 6 nitrogen and oxygen atoms in total. The van der Waals surface area contributed by atoms with Crippen molar-refractivity contribution < 1.29 is 8.42 Å². The third kappa shape index (κ3) is 3.41. The first kappa shape index (κ1) is 13.3. The van der Waals surface area contributed by atoms with Gasteiger partial charge in [-0.15, -0.1) is 0 Å². The lowest BCUT2D eigenvalue weighted by molar-refractivity contribution is 0.602. The molecule has 7 heteroatoms. The molecule has 3 N–H and O–H groups in total. The van der Waals surface area contributed by atoms with Gasteiger partial charge in [-0.3, -0.25) is 0 Å². The molecule has 2 aromatic rings. The first-order chi connectivity index (χ1) is 8.84. The van der Waals surface area contributed by atoms with Gasteiger partial charge in [0, 0.05) is 23.7 Å². The van der Waals surface area contributed by atoms with E-state index in [2.05, 4.69) is 15.3 Å². The molecule has 100 valence electrons. The van der Waals surface area contributed by atoms with Crippen molar-refractivity contribution in [1.82, 2.24) is 9.97 Å². The lowest BCUT2D eigenvalue weighted by Crippen LogP contribution is -2.02. The highest BCUT2D eigenvalue weighted by atomic mass is 32.2. The van der Waals surface area contributed by atoms with Gasteiger partial charge in [0.1, 0.15) is 5.82 Å². The van der Waals surface area contributed by atoms with Crippen LogP contribution in [-0.2, 0) is 9.84 Å². The monoisotopic (exact) mass is 278 g/mol. The molecule has 1 aromatic heterocycles. The second kappa shape index (κ2) is 4.85. The third-order valence-corrected chi connectivity index (χ3v) is 3.55. The van der Waals surface area contributed by atoms with Crippen LogP contribution in [0, 0.1) is 6.92 Å². The van der Waals surface area contributed by atoms with E-state index in [-0.39, 0.29) is 10.8 Å². The number of rotatable bonds is 3. The van der Waals surface area contributed by atoms with E-state index < -0.39 is 9.84 Å². The molecule has 0 spiro atoms. The zero-order chi connectivity index (χ0) is 14.0. The maximum atomic E-state index is 11.3. The number of hydrogen-bond acceptors (Lipinski definition) is 6. The predicted octanol–water partition coefficient (Wildman–Crippen LogP) is 1.51. The topological polar surface area (TPSA) is 98.0 Å². The smallest absolute Gasteiger partial charge is 0.222 e. The van der Waals surface area contributed by atoms with Gasteiger partial charge in [-0.2, -0.15) is 4.98 Å². The van der Waals surface area contributed by atoms with Crippen molar-refractivity contribution in [3.05, 3.63) is 36.0 Å². The molecule has 0 bridgehead atoms. The van der Waals surface area contributed by atoms with E-state index >= 15 is 0 Å². The number of sulfone groups is 1. The Morgan fingerprint density at radius 3 is 2.32 bits per heavy atom. The van der Waals surface area contributed by atoms with Gasteiger partial charge in [0.05, 0.1) is 4.90 Å². The van der Waals surface area contributed by atoms with E-state index in [0.29, 0.717) is 5.82 Å². The molecule has 0 saturated carbocycles. The molecule has 0 fully saturated rings. The zero-order valence-corrected chi connectivity index (χ0v) is 11.4. The number of nitrogen functional groups attached to an aromatic ring is 1. The molecular weight excluding hydrogens is 264 g/mol. The lowest BCUT2D eigenvalue weighted by atomic mass is 10.3. The summed E-state index contributed by atoms with van der Waals surface area (Å²) in [5.41, 5.74) is 7.03. The Morgan fingerprint density at radius 1 is 1.16 bits per heavy atom. The maximum Gasteiger partial charge on any atom is 0.222 e. The van der Waals surface area contributed by atoms with Gasteiger partial charge in [0.2, 0.25) is 5.95 Å². The van der Waals surface area contributed by atoms with E-state index in [0.717, 1.165) is 11.4 Å². The number of hydrogen-bond donors (Lipinski definition) is 2. The van der Waals surface area contributed by atoms with E-state index in [1.807, 2.05) is 6.92 Å². The summed E-state index contributed by atoms with van der Waals surface area (Å²) in [6.07, 6.45) is 1.17. The van der Waals surface area contributed by atoms with Crippen molar-refractivity contribution in [1.29, 1.82) is 0 Å². The van der Waals surface area contributed by atoms with Gasteiger partial charge in [0.25, 0.3) is 0 Å². The Bertz CT molecular complexity index is 676. The van der Waals surface area contributed by atoms with E-state index in [9.17, 15) is 8.42 Å². The van der Waals surface area contributed by atoms with E-state index in [1.54, 1.807) is 18.2 Å². The Kier molecular flexibility index (Phi) is 3.39. The summed E-state index contributed by atoms with van der Waals surface area (Å²) in [7, 11) is -3.18. The molecule has 0 unspecified atom stereocenters. The minimum Gasteiger partial charge on any atom is -0.368 e. The summed E-state index contributed by atoms with van der Waals surface area (Å²) in [5.74, 6) is 0.757. The second-order valence-electron chi connectivity index (χ2n) is 4.17. The minimum atomic E-state index is -3.18. The molecule has 2 rings (SSSR count). The minimum absolute atomic E-state index is 0.190. The van der Waals surface area contributed by atoms with Crippen molar-refractivity contribution >= 4 is 27.3 Å². The van der Waals surface area contributed by atoms with Crippen molar-refractivity contribution in [3.8, 4) is 0 Å². The van der Waals surface area contributed by atoms with Crippen LogP contribution in [0.5, 0.6) is 0 Å². The van der Waals surface area contributed by atoms with Gasteiger partial charge in [-0.25, -0.2) is 13.4 Å². The van der Waals surface area contributed by atoms with Gasteiger partial charge in [-0.1, -0.05) is 0 Å². The maximum absolute atomic E-state index is 11.3. The van der Waals surface area contributed by atoms with Gasteiger partial charge >= 0.3 is 0 Å². The first-order valence-corrected chi connectivity index (χ1v) is 7.42. The molecular formula is C12H14N4O2S. The van der Waals surface area contributed by atoms with Crippen LogP contribution < -0.4 is 11.1 Å². The molecule has 1 heterocycles. The number of nitrogens with one attached hydrogen (secondary N) is 1. The highest BCUT2D eigenvalue weighted by Gasteiger charge is 2.06. The molecule has 0 radical (unpaired) electrons. The summed E-state index contributed by atoms with van der Waals surface area (Å²) in [4.78, 5) is 8.28. The van der Waals surface area contributed by atoms with Crippen LogP contribution in [0.15, 0.2) is 35.2 Å². The van der Waals surface area contributed by atoms with Crippen molar-refractivity contribution in [3.63, 3.8) is 0 Å². The Balaban J connectivity index is 2.24. The summed E-state index contributed by atoms with van der Waals surface area (Å²) < 4.78 is 22.7. The average Bonchev–Trinajstić information content (AvgIpc) is 2.26. The molecule has 19 heavy (non-hydrogen) atoms. The van der Waals surface area contributed by atoms with Gasteiger partial charge in [-0.05, 0) is 31.2 Å². The molecule has 0 aliphatic carbocycles. The molecule has 0 aliphatic rings. The number of aryl methyl sites for hydroxylation is 1. The van der Waals surface area contributed by atoms with Crippen LogP contribution >= 0.6 is 0 Å². The number of aromatic nitrogens is 2.